The maximum atomic E-state index is 12.8. The Morgan fingerprint density at radius 3 is 2.62 bits per heavy atom. The van der Waals surface area contributed by atoms with Crippen LogP contribution in [-0.4, -0.2) is 55.5 Å². The van der Waals surface area contributed by atoms with E-state index in [9.17, 15) is 9.59 Å². The standard InChI is InChI=1S/C21H30N2O3/c1-15-5-6-19(16(2)12-15)21(25)17-7-9-23(10-8-17)14-20(24)22-13-18-4-3-11-26-18/h5-6,12,17-18H,3-4,7-11,13-14H2,1-2H3,(H,22,24). The number of nitrogens with one attached hydrogen (secondary N) is 1. The van der Waals surface area contributed by atoms with Gasteiger partial charge in [0.2, 0.25) is 5.91 Å². The Morgan fingerprint density at radius 1 is 1.19 bits per heavy atom. The molecule has 2 saturated heterocycles. The number of rotatable bonds is 6. The zero-order valence-corrected chi connectivity index (χ0v) is 15.9. The lowest BCUT2D eigenvalue weighted by atomic mass is 9.87. The molecule has 1 atom stereocenters. The summed E-state index contributed by atoms with van der Waals surface area (Å²) in [6.07, 6.45) is 3.95. The van der Waals surface area contributed by atoms with Gasteiger partial charge in [0.25, 0.3) is 0 Å². The molecule has 2 heterocycles. The fourth-order valence-corrected chi connectivity index (χ4v) is 3.96. The van der Waals surface area contributed by atoms with Crippen LogP contribution in [0.3, 0.4) is 0 Å². The number of carbonyl (C=O) groups excluding carboxylic acids is 2. The maximum Gasteiger partial charge on any atom is 0.234 e. The molecule has 0 saturated carbocycles. The van der Waals surface area contributed by atoms with E-state index in [1.54, 1.807) is 0 Å². The van der Waals surface area contributed by atoms with Gasteiger partial charge in [0.1, 0.15) is 0 Å². The van der Waals surface area contributed by atoms with Gasteiger partial charge in [-0.1, -0.05) is 23.8 Å². The Hall–Kier alpha value is -1.72. The van der Waals surface area contributed by atoms with Gasteiger partial charge in [0.05, 0.1) is 12.6 Å². The molecule has 2 aliphatic rings. The lowest BCUT2D eigenvalue weighted by Gasteiger charge is -2.31. The van der Waals surface area contributed by atoms with Gasteiger partial charge >= 0.3 is 0 Å². The predicted molar refractivity (Wildman–Crippen MR) is 101 cm³/mol. The van der Waals surface area contributed by atoms with Gasteiger partial charge in [0.15, 0.2) is 5.78 Å². The predicted octanol–water partition coefficient (Wildman–Crippen LogP) is 2.49. The molecule has 5 nitrogen and oxygen atoms in total. The summed E-state index contributed by atoms with van der Waals surface area (Å²) >= 11 is 0. The summed E-state index contributed by atoms with van der Waals surface area (Å²) < 4.78 is 5.53. The van der Waals surface area contributed by atoms with Gasteiger partial charge in [-0.25, -0.2) is 0 Å². The molecular weight excluding hydrogens is 328 g/mol. The van der Waals surface area contributed by atoms with Crippen LogP contribution in [0.25, 0.3) is 0 Å². The molecule has 2 fully saturated rings. The monoisotopic (exact) mass is 358 g/mol. The molecule has 1 amide bonds. The molecule has 1 N–H and O–H groups in total. The van der Waals surface area contributed by atoms with Crippen molar-refractivity contribution in [1.29, 1.82) is 0 Å². The van der Waals surface area contributed by atoms with Crippen LogP contribution in [0.5, 0.6) is 0 Å². The molecule has 1 aromatic rings. The zero-order chi connectivity index (χ0) is 18.5. The first-order valence-electron chi connectivity index (χ1n) is 9.75. The average molecular weight is 358 g/mol. The number of carbonyl (C=O) groups is 2. The topological polar surface area (TPSA) is 58.6 Å². The van der Waals surface area contributed by atoms with E-state index in [0.717, 1.165) is 56.5 Å². The molecule has 2 aliphatic heterocycles. The Kier molecular flexibility index (Phi) is 6.43. The van der Waals surface area contributed by atoms with Crippen molar-refractivity contribution in [2.45, 2.75) is 45.6 Å². The minimum Gasteiger partial charge on any atom is -0.376 e. The molecule has 3 rings (SSSR count). The molecule has 142 valence electrons. The molecule has 0 spiro atoms. The summed E-state index contributed by atoms with van der Waals surface area (Å²) in [5, 5.41) is 2.97. The third kappa shape index (κ3) is 4.92. The number of piperidine rings is 1. The number of Topliss-reactive ketones (excluding diaryl/α,β-unsaturated/α-hetero) is 1. The molecule has 0 aromatic heterocycles. The Morgan fingerprint density at radius 2 is 1.96 bits per heavy atom. The first kappa shape index (κ1) is 19.1. The lowest BCUT2D eigenvalue weighted by Crippen LogP contribution is -2.44. The molecule has 26 heavy (non-hydrogen) atoms. The number of hydrogen-bond donors (Lipinski definition) is 1. The molecular formula is C21H30N2O3. The van der Waals surface area contributed by atoms with Crippen LogP contribution >= 0.6 is 0 Å². The fraction of sp³-hybridized carbons (Fsp3) is 0.619. The van der Waals surface area contributed by atoms with E-state index in [4.69, 9.17) is 4.74 Å². The summed E-state index contributed by atoms with van der Waals surface area (Å²) in [5.74, 6) is 0.382. The number of ether oxygens (including phenoxy) is 1. The van der Waals surface area contributed by atoms with Crippen molar-refractivity contribution in [3.63, 3.8) is 0 Å². The minimum atomic E-state index is 0.0552. The van der Waals surface area contributed by atoms with Crippen molar-refractivity contribution in [1.82, 2.24) is 10.2 Å². The van der Waals surface area contributed by atoms with E-state index in [-0.39, 0.29) is 23.7 Å². The highest BCUT2D eigenvalue weighted by Gasteiger charge is 2.27. The van der Waals surface area contributed by atoms with Crippen LogP contribution in [0, 0.1) is 19.8 Å². The second-order valence-electron chi connectivity index (χ2n) is 7.67. The van der Waals surface area contributed by atoms with E-state index in [1.165, 1.54) is 5.56 Å². The molecule has 0 bridgehead atoms. The van der Waals surface area contributed by atoms with Crippen LogP contribution in [0.2, 0.25) is 0 Å². The van der Waals surface area contributed by atoms with Crippen molar-refractivity contribution in [3.8, 4) is 0 Å². The summed E-state index contributed by atoms with van der Waals surface area (Å²) in [7, 11) is 0. The Labute approximate surface area is 156 Å². The third-order valence-corrected chi connectivity index (χ3v) is 5.52. The smallest absolute Gasteiger partial charge is 0.234 e. The Bertz CT molecular complexity index is 645. The third-order valence-electron chi connectivity index (χ3n) is 5.52. The van der Waals surface area contributed by atoms with Crippen molar-refractivity contribution >= 4 is 11.7 Å². The summed E-state index contributed by atoms with van der Waals surface area (Å²) in [6.45, 7) is 7.49. The summed E-state index contributed by atoms with van der Waals surface area (Å²) in [6, 6.07) is 6.03. The fourth-order valence-electron chi connectivity index (χ4n) is 3.96. The maximum absolute atomic E-state index is 12.8. The van der Waals surface area contributed by atoms with Crippen molar-refractivity contribution in [2.24, 2.45) is 5.92 Å². The number of hydrogen-bond acceptors (Lipinski definition) is 4. The van der Waals surface area contributed by atoms with Crippen LogP contribution < -0.4 is 5.32 Å². The summed E-state index contributed by atoms with van der Waals surface area (Å²) in [5.41, 5.74) is 3.09. The SMILES string of the molecule is Cc1ccc(C(=O)C2CCN(CC(=O)NCC3CCCO3)CC2)c(C)c1. The molecule has 0 aliphatic carbocycles. The number of likely N-dealkylation sites (tertiary alicyclic amines) is 1. The Balaban J connectivity index is 1.43. The van der Waals surface area contributed by atoms with Gasteiger partial charge in [-0.2, -0.15) is 0 Å². The number of ketones is 1. The van der Waals surface area contributed by atoms with E-state index < -0.39 is 0 Å². The number of amides is 1. The van der Waals surface area contributed by atoms with Gasteiger partial charge in [0, 0.05) is 24.6 Å². The molecule has 0 radical (unpaired) electrons. The van der Waals surface area contributed by atoms with Crippen LogP contribution in [0.1, 0.15) is 47.2 Å². The van der Waals surface area contributed by atoms with Crippen LogP contribution in [0.4, 0.5) is 0 Å². The first-order valence-corrected chi connectivity index (χ1v) is 9.75. The second-order valence-corrected chi connectivity index (χ2v) is 7.67. The van der Waals surface area contributed by atoms with E-state index >= 15 is 0 Å². The van der Waals surface area contributed by atoms with E-state index in [0.29, 0.717) is 13.1 Å². The van der Waals surface area contributed by atoms with Crippen molar-refractivity contribution in [3.05, 3.63) is 34.9 Å². The second kappa shape index (κ2) is 8.78. The van der Waals surface area contributed by atoms with Gasteiger partial charge in [-0.15, -0.1) is 0 Å². The van der Waals surface area contributed by atoms with Crippen LogP contribution in [0.15, 0.2) is 18.2 Å². The first-order chi connectivity index (χ1) is 12.5. The molecule has 1 unspecified atom stereocenters. The van der Waals surface area contributed by atoms with Crippen molar-refractivity contribution < 1.29 is 14.3 Å². The molecule has 1 aromatic carbocycles. The quantitative estimate of drug-likeness (QED) is 0.794. The minimum absolute atomic E-state index is 0.0552. The highest BCUT2D eigenvalue weighted by Crippen LogP contribution is 2.23. The highest BCUT2D eigenvalue weighted by atomic mass is 16.5. The summed E-state index contributed by atoms with van der Waals surface area (Å²) in [4.78, 5) is 27.1. The van der Waals surface area contributed by atoms with Gasteiger partial charge in [-0.3, -0.25) is 14.5 Å². The number of benzene rings is 1. The largest absolute Gasteiger partial charge is 0.376 e. The van der Waals surface area contributed by atoms with Crippen LogP contribution in [-0.2, 0) is 9.53 Å². The van der Waals surface area contributed by atoms with Gasteiger partial charge < -0.3 is 10.1 Å². The van der Waals surface area contributed by atoms with E-state index in [2.05, 4.69) is 16.3 Å². The highest BCUT2D eigenvalue weighted by molar-refractivity contribution is 5.99. The average Bonchev–Trinajstić information content (AvgIpc) is 3.14. The normalized spacial score (nSPS) is 21.7. The molecule has 5 heteroatoms. The van der Waals surface area contributed by atoms with Crippen molar-refractivity contribution in [2.75, 3.05) is 32.8 Å². The zero-order valence-electron chi connectivity index (χ0n) is 15.9. The lowest BCUT2D eigenvalue weighted by molar-refractivity contribution is -0.123. The number of nitrogens with zero attached hydrogens (tertiary/aromatic N) is 1. The van der Waals surface area contributed by atoms with E-state index in [1.807, 2.05) is 26.0 Å². The van der Waals surface area contributed by atoms with Gasteiger partial charge in [-0.05, 0) is 58.2 Å². The number of aryl methyl sites for hydroxylation is 2.